The molecule has 1 fully saturated rings. The maximum absolute atomic E-state index is 12.3. The van der Waals surface area contributed by atoms with Gasteiger partial charge in [0.15, 0.2) is 0 Å². The van der Waals surface area contributed by atoms with Gasteiger partial charge < -0.3 is 14.6 Å². The molecule has 3 heterocycles. The van der Waals surface area contributed by atoms with Crippen molar-refractivity contribution >= 4 is 17.5 Å². The number of fused-ring (bicyclic) bond motifs is 1. The molecule has 7 heteroatoms. The fraction of sp³-hybridized carbons (Fsp3) is 0.471. The van der Waals surface area contributed by atoms with E-state index in [2.05, 4.69) is 15.2 Å². The Balaban J connectivity index is 1.53. The number of amides is 2. The van der Waals surface area contributed by atoms with E-state index in [4.69, 9.17) is 0 Å². The van der Waals surface area contributed by atoms with Gasteiger partial charge in [-0.15, -0.1) is 0 Å². The molecule has 128 valence electrons. The standard InChI is InChI=1S/C17H23N5O2/c1-13(18-14(2)23)17(24)21-9-7-20(8-10-21)11-15-12-22-6-4-3-5-16(22)19-15/h3-6,12-13H,7-11H2,1-2H3,(H,18,23). The summed E-state index contributed by atoms with van der Waals surface area (Å²) >= 11 is 0. The highest BCUT2D eigenvalue weighted by molar-refractivity contribution is 5.86. The van der Waals surface area contributed by atoms with Crippen molar-refractivity contribution in [2.24, 2.45) is 0 Å². The van der Waals surface area contributed by atoms with Gasteiger partial charge in [-0.3, -0.25) is 14.5 Å². The number of hydrogen-bond donors (Lipinski definition) is 1. The number of carbonyl (C=O) groups excluding carboxylic acids is 2. The van der Waals surface area contributed by atoms with E-state index in [1.165, 1.54) is 6.92 Å². The summed E-state index contributed by atoms with van der Waals surface area (Å²) in [6.07, 6.45) is 4.04. The van der Waals surface area contributed by atoms with Gasteiger partial charge in [0.25, 0.3) is 0 Å². The van der Waals surface area contributed by atoms with E-state index < -0.39 is 6.04 Å². The predicted octanol–water partition coefficient (Wildman–Crippen LogP) is 0.503. The number of nitrogens with zero attached hydrogens (tertiary/aromatic N) is 4. The van der Waals surface area contributed by atoms with Crippen molar-refractivity contribution in [3.05, 3.63) is 36.3 Å². The summed E-state index contributed by atoms with van der Waals surface area (Å²) in [4.78, 5) is 32.1. The smallest absolute Gasteiger partial charge is 0.244 e. The van der Waals surface area contributed by atoms with Crippen LogP contribution >= 0.6 is 0 Å². The first kappa shape index (κ1) is 16.4. The molecule has 2 amide bonds. The highest BCUT2D eigenvalue weighted by Crippen LogP contribution is 2.10. The van der Waals surface area contributed by atoms with Crippen LogP contribution in [0.25, 0.3) is 5.65 Å². The van der Waals surface area contributed by atoms with Gasteiger partial charge in [-0.05, 0) is 19.1 Å². The number of imidazole rings is 1. The van der Waals surface area contributed by atoms with Gasteiger partial charge in [-0.25, -0.2) is 4.98 Å². The van der Waals surface area contributed by atoms with Crippen LogP contribution in [0.2, 0.25) is 0 Å². The summed E-state index contributed by atoms with van der Waals surface area (Å²) in [7, 11) is 0. The van der Waals surface area contributed by atoms with Crippen LogP contribution in [0.4, 0.5) is 0 Å². The van der Waals surface area contributed by atoms with Crippen LogP contribution in [0.1, 0.15) is 19.5 Å². The van der Waals surface area contributed by atoms with E-state index in [0.29, 0.717) is 13.1 Å². The van der Waals surface area contributed by atoms with Crippen molar-refractivity contribution in [2.45, 2.75) is 26.4 Å². The van der Waals surface area contributed by atoms with Crippen LogP contribution in [0.3, 0.4) is 0 Å². The maximum Gasteiger partial charge on any atom is 0.244 e. The number of hydrogen-bond acceptors (Lipinski definition) is 4. The Morgan fingerprint density at radius 1 is 1.25 bits per heavy atom. The Hall–Kier alpha value is -2.41. The van der Waals surface area contributed by atoms with Crippen LogP contribution in [0.15, 0.2) is 30.6 Å². The number of aromatic nitrogens is 2. The third kappa shape index (κ3) is 3.73. The Morgan fingerprint density at radius 2 is 2.00 bits per heavy atom. The largest absolute Gasteiger partial charge is 0.345 e. The second-order valence-corrected chi connectivity index (χ2v) is 6.22. The molecule has 2 aromatic heterocycles. The predicted molar refractivity (Wildman–Crippen MR) is 90.3 cm³/mol. The Bertz CT molecular complexity index is 700. The van der Waals surface area contributed by atoms with Gasteiger partial charge in [0.2, 0.25) is 11.8 Å². The summed E-state index contributed by atoms with van der Waals surface area (Å²) in [6, 6.07) is 5.49. The number of piperazine rings is 1. The van der Waals surface area contributed by atoms with E-state index in [1.54, 1.807) is 6.92 Å². The Labute approximate surface area is 141 Å². The van der Waals surface area contributed by atoms with E-state index >= 15 is 0 Å². The van der Waals surface area contributed by atoms with E-state index in [1.807, 2.05) is 39.9 Å². The topological polar surface area (TPSA) is 70.0 Å². The molecule has 1 aliphatic heterocycles. The Morgan fingerprint density at radius 3 is 2.67 bits per heavy atom. The number of carbonyl (C=O) groups is 2. The van der Waals surface area contributed by atoms with Crippen molar-refractivity contribution in [3.63, 3.8) is 0 Å². The van der Waals surface area contributed by atoms with Gasteiger partial charge >= 0.3 is 0 Å². The molecule has 3 rings (SSSR count). The zero-order valence-electron chi connectivity index (χ0n) is 14.1. The molecule has 24 heavy (non-hydrogen) atoms. The SMILES string of the molecule is CC(=O)NC(C)C(=O)N1CCN(Cc2cn3ccccc3n2)CC1. The second kappa shape index (κ2) is 7.00. The fourth-order valence-electron chi connectivity index (χ4n) is 3.06. The molecule has 2 aromatic rings. The number of rotatable bonds is 4. The fourth-order valence-corrected chi connectivity index (χ4v) is 3.06. The summed E-state index contributed by atoms with van der Waals surface area (Å²) < 4.78 is 2.02. The quantitative estimate of drug-likeness (QED) is 0.887. The lowest BCUT2D eigenvalue weighted by Gasteiger charge is -2.35. The van der Waals surface area contributed by atoms with Gasteiger partial charge in [0.05, 0.1) is 5.69 Å². The number of pyridine rings is 1. The molecule has 1 saturated heterocycles. The van der Waals surface area contributed by atoms with Crippen molar-refractivity contribution in [3.8, 4) is 0 Å². The highest BCUT2D eigenvalue weighted by Gasteiger charge is 2.25. The zero-order chi connectivity index (χ0) is 17.1. The highest BCUT2D eigenvalue weighted by atomic mass is 16.2. The third-order valence-corrected chi connectivity index (χ3v) is 4.27. The zero-order valence-corrected chi connectivity index (χ0v) is 14.1. The van der Waals surface area contributed by atoms with Gasteiger partial charge in [-0.2, -0.15) is 0 Å². The molecule has 1 N–H and O–H groups in total. The van der Waals surface area contributed by atoms with Crippen molar-refractivity contribution in [1.29, 1.82) is 0 Å². The van der Waals surface area contributed by atoms with Gasteiger partial charge in [-0.1, -0.05) is 6.07 Å². The summed E-state index contributed by atoms with van der Waals surface area (Å²) in [5.74, 6) is -0.195. The maximum atomic E-state index is 12.3. The molecule has 1 aliphatic rings. The van der Waals surface area contributed by atoms with Crippen LogP contribution in [-0.2, 0) is 16.1 Å². The average Bonchev–Trinajstić information content (AvgIpc) is 2.96. The molecule has 0 bridgehead atoms. The minimum atomic E-state index is -0.465. The normalized spacial score (nSPS) is 17.0. The summed E-state index contributed by atoms with van der Waals surface area (Å²) in [6.45, 7) is 6.92. The van der Waals surface area contributed by atoms with Crippen LogP contribution in [0.5, 0.6) is 0 Å². The molecule has 7 nitrogen and oxygen atoms in total. The van der Waals surface area contributed by atoms with Crippen LogP contribution in [-0.4, -0.2) is 63.2 Å². The first-order valence-electron chi connectivity index (χ1n) is 8.24. The monoisotopic (exact) mass is 329 g/mol. The lowest BCUT2D eigenvalue weighted by Crippen LogP contribution is -2.53. The first-order chi connectivity index (χ1) is 11.5. The summed E-state index contributed by atoms with van der Waals surface area (Å²) in [5, 5.41) is 2.65. The molecule has 0 radical (unpaired) electrons. The molecule has 0 spiro atoms. The second-order valence-electron chi connectivity index (χ2n) is 6.22. The molecular formula is C17H23N5O2. The van der Waals surface area contributed by atoms with Crippen LogP contribution in [0, 0.1) is 0 Å². The lowest BCUT2D eigenvalue weighted by atomic mass is 10.2. The van der Waals surface area contributed by atoms with Crippen molar-refractivity contribution in [1.82, 2.24) is 24.5 Å². The molecule has 1 unspecified atom stereocenters. The molecular weight excluding hydrogens is 306 g/mol. The van der Waals surface area contributed by atoms with Crippen molar-refractivity contribution < 1.29 is 9.59 Å². The average molecular weight is 329 g/mol. The van der Waals surface area contributed by atoms with Gasteiger partial charge in [0.1, 0.15) is 11.7 Å². The minimum absolute atomic E-state index is 0.0161. The van der Waals surface area contributed by atoms with Crippen LogP contribution < -0.4 is 5.32 Å². The van der Waals surface area contributed by atoms with E-state index in [0.717, 1.165) is 31.0 Å². The third-order valence-electron chi connectivity index (χ3n) is 4.27. The van der Waals surface area contributed by atoms with Gasteiger partial charge in [0, 0.05) is 52.0 Å². The minimum Gasteiger partial charge on any atom is -0.345 e. The van der Waals surface area contributed by atoms with Crippen molar-refractivity contribution in [2.75, 3.05) is 26.2 Å². The molecule has 0 aromatic carbocycles. The molecule has 1 atom stereocenters. The first-order valence-corrected chi connectivity index (χ1v) is 8.24. The number of nitrogens with one attached hydrogen (secondary N) is 1. The summed E-state index contributed by atoms with van der Waals surface area (Å²) in [5.41, 5.74) is 1.98. The van der Waals surface area contributed by atoms with E-state index in [9.17, 15) is 9.59 Å². The Kier molecular flexibility index (Phi) is 4.80. The van der Waals surface area contributed by atoms with E-state index in [-0.39, 0.29) is 11.8 Å². The molecule has 0 aliphatic carbocycles. The lowest BCUT2D eigenvalue weighted by molar-refractivity contribution is -0.137. The molecule has 0 saturated carbocycles.